The second kappa shape index (κ2) is 10.8. The monoisotopic (exact) mass is 338 g/mol. The predicted octanol–water partition coefficient (Wildman–Crippen LogP) is 1.21. The molecule has 1 amide bonds. The maximum Gasteiger partial charge on any atom is 0.234 e. The number of hydrogen-bond acceptors (Lipinski definition) is 4. The minimum absolute atomic E-state index is 0. The fourth-order valence-corrected chi connectivity index (χ4v) is 1.98. The normalized spacial score (nSPS) is 10.1. The van der Waals surface area contributed by atoms with E-state index in [-0.39, 0.29) is 18.3 Å². The average molecular weight is 339 g/mol. The lowest BCUT2D eigenvalue weighted by molar-refractivity contribution is -0.120. The number of benzene rings is 1. The van der Waals surface area contributed by atoms with Crippen molar-refractivity contribution in [2.75, 3.05) is 26.8 Å². The van der Waals surface area contributed by atoms with Crippen LogP contribution < -0.4 is 10.6 Å². The molecule has 23 heavy (non-hydrogen) atoms. The molecular weight excluding hydrogens is 316 g/mol. The molecule has 0 radical (unpaired) electrons. The van der Waals surface area contributed by atoms with Crippen LogP contribution in [-0.4, -0.2) is 42.5 Å². The van der Waals surface area contributed by atoms with Crippen LogP contribution in [0.4, 0.5) is 0 Å². The molecule has 7 heteroatoms. The molecule has 1 heterocycles. The third-order valence-electron chi connectivity index (χ3n) is 3.18. The molecule has 0 aliphatic heterocycles. The molecule has 0 saturated carbocycles. The van der Waals surface area contributed by atoms with Crippen molar-refractivity contribution >= 4 is 18.3 Å². The van der Waals surface area contributed by atoms with Crippen molar-refractivity contribution in [1.82, 2.24) is 20.4 Å². The van der Waals surface area contributed by atoms with Crippen LogP contribution in [0.25, 0.3) is 0 Å². The number of methoxy groups -OCH3 is 1. The Labute approximate surface area is 142 Å². The van der Waals surface area contributed by atoms with E-state index in [1.165, 1.54) is 5.56 Å². The van der Waals surface area contributed by atoms with E-state index in [1.54, 1.807) is 13.3 Å². The summed E-state index contributed by atoms with van der Waals surface area (Å²) in [6.45, 7) is 2.87. The summed E-state index contributed by atoms with van der Waals surface area (Å²) in [6, 6.07) is 10.1. The topological polar surface area (TPSA) is 68.2 Å². The van der Waals surface area contributed by atoms with E-state index in [2.05, 4.69) is 27.9 Å². The van der Waals surface area contributed by atoms with Crippen LogP contribution in [0, 0.1) is 0 Å². The summed E-state index contributed by atoms with van der Waals surface area (Å²) in [6.07, 6.45) is 3.70. The van der Waals surface area contributed by atoms with Gasteiger partial charge in [-0.25, -0.2) is 0 Å². The van der Waals surface area contributed by atoms with Crippen molar-refractivity contribution in [2.45, 2.75) is 13.1 Å². The zero-order chi connectivity index (χ0) is 15.6. The Bertz CT molecular complexity index is 558. The first-order chi connectivity index (χ1) is 10.8. The van der Waals surface area contributed by atoms with Crippen molar-refractivity contribution < 1.29 is 9.53 Å². The van der Waals surface area contributed by atoms with Crippen LogP contribution in [0.5, 0.6) is 0 Å². The number of carbonyl (C=O) groups is 1. The van der Waals surface area contributed by atoms with E-state index >= 15 is 0 Å². The summed E-state index contributed by atoms with van der Waals surface area (Å²) in [5, 5.41) is 10.1. The van der Waals surface area contributed by atoms with E-state index < -0.39 is 0 Å². The summed E-state index contributed by atoms with van der Waals surface area (Å²) >= 11 is 0. The van der Waals surface area contributed by atoms with Crippen molar-refractivity contribution in [3.05, 3.63) is 53.9 Å². The second-order valence-electron chi connectivity index (χ2n) is 4.97. The highest BCUT2D eigenvalue weighted by molar-refractivity contribution is 5.85. The van der Waals surface area contributed by atoms with Crippen LogP contribution in [0.1, 0.15) is 11.1 Å². The van der Waals surface area contributed by atoms with Gasteiger partial charge in [-0.1, -0.05) is 24.3 Å². The highest BCUT2D eigenvalue weighted by Crippen LogP contribution is 2.06. The molecule has 2 aromatic rings. The molecule has 1 aromatic heterocycles. The molecule has 0 aliphatic rings. The molecule has 0 atom stereocenters. The molecule has 0 spiro atoms. The fourth-order valence-electron chi connectivity index (χ4n) is 1.98. The number of aromatic nitrogens is 2. The number of nitrogens with zero attached hydrogens (tertiary/aromatic N) is 2. The van der Waals surface area contributed by atoms with Crippen LogP contribution in [-0.2, 0) is 22.6 Å². The number of amides is 1. The summed E-state index contributed by atoms with van der Waals surface area (Å²) in [5.41, 5.74) is 2.26. The van der Waals surface area contributed by atoms with Gasteiger partial charge in [-0.3, -0.25) is 9.48 Å². The third-order valence-corrected chi connectivity index (χ3v) is 3.18. The van der Waals surface area contributed by atoms with E-state index in [0.29, 0.717) is 26.2 Å². The highest BCUT2D eigenvalue weighted by Gasteiger charge is 2.01. The largest absolute Gasteiger partial charge is 0.383 e. The lowest BCUT2D eigenvalue weighted by Crippen LogP contribution is -2.34. The van der Waals surface area contributed by atoms with Gasteiger partial charge < -0.3 is 15.4 Å². The summed E-state index contributed by atoms with van der Waals surface area (Å²) in [4.78, 5) is 11.6. The molecule has 2 N–H and O–H groups in total. The Balaban J connectivity index is 0.00000264. The quantitative estimate of drug-likeness (QED) is 0.674. The van der Waals surface area contributed by atoms with E-state index in [1.807, 2.05) is 29.1 Å². The maximum atomic E-state index is 11.6. The molecule has 6 nitrogen and oxygen atoms in total. The minimum Gasteiger partial charge on any atom is -0.383 e. The van der Waals surface area contributed by atoms with Crippen molar-refractivity contribution in [3.8, 4) is 0 Å². The Morgan fingerprint density at radius 1 is 1.26 bits per heavy atom. The van der Waals surface area contributed by atoms with Gasteiger partial charge in [0, 0.05) is 32.6 Å². The van der Waals surface area contributed by atoms with E-state index in [9.17, 15) is 4.79 Å². The molecule has 126 valence electrons. The number of ether oxygens (including phenoxy) is 1. The zero-order valence-corrected chi connectivity index (χ0v) is 14.0. The molecule has 0 aliphatic carbocycles. The van der Waals surface area contributed by atoms with Crippen LogP contribution >= 0.6 is 12.4 Å². The van der Waals surface area contributed by atoms with Crippen LogP contribution in [0.2, 0.25) is 0 Å². The minimum atomic E-state index is -0.0169. The number of hydrogen-bond donors (Lipinski definition) is 2. The summed E-state index contributed by atoms with van der Waals surface area (Å²) in [7, 11) is 1.64. The van der Waals surface area contributed by atoms with E-state index in [4.69, 9.17) is 4.74 Å². The SMILES string of the molecule is COCCNCC(=O)NCc1ccc(Cn2cccn2)cc1.Cl. The molecule has 0 saturated heterocycles. The van der Waals surface area contributed by atoms with Gasteiger partial charge in [0.2, 0.25) is 5.91 Å². The predicted molar refractivity (Wildman–Crippen MR) is 91.6 cm³/mol. The van der Waals surface area contributed by atoms with Crippen LogP contribution in [0.15, 0.2) is 42.7 Å². The van der Waals surface area contributed by atoms with Crippen molar-refractivity contribution in [2.24, 2.45) is 0 Å². The molecule has 0 bridgehead atoms. The first-order valence-corrected chi connectivity index (χ1v) is 7.29. The van der Waals surface area contributed by atoms with Gasteiger partial charge in [-0.15, -0.1) is 12.4 Å². The molecule has 0 unspecified atom stereocenters. The Kier molecular flexibility index (Phi) is 8.97. The fraction of sp³-hybridized carbons (Fsp3) is 0.375. The van der Waals surface area contributed by atoms with Crippen molar-refractivity contribution in [3.63, 3.8) is 0 Å². The van der Waals surface area contributed by atoms with Gasteiger partial charge in [-0.05, 0) is 17.2 Å². The van der Waals surface area contributed by atoms with Gasteiger partial charge in [-0.2, -0.15) is 5.10 Å². The molecule has 0 fully saturated rings. The van der Waals surface area contributed by atoms with E-state index in [0.717, 1.165) is 12.1 Å². The van der Waals surface area contributed by atoms with Gasteiger partial charge >= 0.3 is 0 Å². The molecule has 2 rings (SSSR count). The molecular formula is C16H23ClN4O2. The summed E-state index contributed by atoms with van der Waals surface area (Å²) < 4.78 is 6.78. The van der Waals surface area contributed by atoms with Gasteiger partial charge in [0.05, 0.1) is 19.7 Å². The number of rotatable bonds is 9. The van der Waals surface area contributed by atoms with Gasteiger partial charge in [0.25, 0.3) is 0 Å². The van der Waals surface area contributed by atoms with Gasteiger partial charge in [0.15, 0.2) is 0 Å². The smallest absolute Gasteiger partial charge is 0.234 e. The standard InChI is InChI=1S/C16H22N4O2.ClH/c1-22-10-8-17-12-16(21)18-11-14-3-5-15(6-4-14)13-20-9-2-7-19-20;/h2-7,9,17H,8,10-13H2,1H3,(H,18,21);1H. The Morgan fingerprint density at radius 2 is 2.00 bits per heavy atom. The van der Waals surface area contributed by atoms with Gasteiger partial charge in [0.1, 0.15) is 0 Å². The third kappa shape index (κ3) is 7.27. The van der Waals surface area contributed by atoms with Crippen molar-refractivity contribution in [1.29, 1.82) is 0 Å². The Morgan fingerprint density at radius 3 is 2.65 bits per heavy atom. The first kappa shape index (κ1) is 19.2. The lowest BCUT2D eigenvalue weighted by Gasteiger charge is -2.08. The maximum absolute atomic E-state index is 11.6. The lowest BCUT2D eigenvalue weighted by atomic mass is 10.1. The second-order valence-corrected chi connectivity index (χ2v) is 4.97. The first-order valence-electron chi connectivity index (χ1n) is 7.29. The zero-order valence-electron chi connectivity index (χ0n) is 13.2. The Hall–Kier alpha value is -1.89. The summed E-state index contributed by atoms with van der Waals surface area (Å²) in [5.74, 6) is -0.0169. The number of carbonyl (C=O) groups excluding carboxylic acids is 1. The molecule has 1 aromatic carbocycles. The number of nitrogens with one attached hydrogen (secondary N) is 2. The highest BCUT2D eigenvalue weighted by atomic mass is 35.5. The number of halogens is 1. The average Bonchev–Trinajstić information content (AvgIpc) is 3.04. The van der Waals surface area contributed by atoms with Crippen LogP contribution in [0.3, 0.4) is 0 Å².